The van der Waals surface area contributed by atoms with E-state index in [2.05, 4.69) is 12.2 Å². The van der Waals surface area contributed by atoms with Gasteiger partial charge in [0.05, 0.1) is 12.2 Å². The molecule has 5 atom stereocenters. The molecule has 2 rings (SSSR count). The van der Waals surface area contributed by atoms with Gasteiger partial charge in [-0.3, -0.25) is 4.79 Å². The van der Waals surface area contributed by atoms with Gasteiger partial charge in [-0.15, -0.1) is 0 Å². The van der Waals surface area contributed by atoms with E-state index in [9.17, 15) is 19.8 Å². The fraction of sp³-hybridized carbons (Fsp3) is 0.650. The van der Waals surface area contributed by atoms with Gasteiger partial charge in [0.1, 0.15) is 6.10 Å². The molecule has 4 N–H and O–H groups in total. The first-order chi connectivity index (χ1) is 12.6. The van der Waals surface area contributed by atoms with Crippen LogP contribution in [0.2, 0.25) is 18.6 Å². The number of aliphatic hydroxyl groups excluding tert-OH is 2. The first kappa shape index (κ1) is 22.0. The van der Waals surface area contributed by atoms with Crippen LogP contribution in [-0.4, -0.2) is 54.2 Å². The molecule has 0 radical (unpaired) electrons. The van der Waals surface area contributed by atoms with Crippen molar-refractivity contribution in [2.75, 3.05) is 11.9 Å². The molecule has 1 aliphatic rings. The van der Waals surface area contributed by atoms with Crippen molar-refractivity contribution >= 4 is 19.9 Å². The molecule has 0 aromatic heterocycles. The van der Waals surface area contributed by atoms with Crippen molar-refractivity contribution in [1.29, 1.82) is 0 Å². The number of anilines is 1. The third kappa shape index (κ3) is 5.86. The molecule has 1 aromatic carbocycles. The van der Waals surface area contributed by atoms with Crippen molar-refractivity contribution in [2.45, 2.75) is 70.1 Å². The summed E-state index contributed by atoms with van der Waals surface area (Å²) in [6.45, 7) is 7.55. The highest BCUT2D eigenvalue weighted by Crippen LogP contribution is 2.45. The summed E-state index contributed by atoms with van der Waals surface area (Å²) in [6.07, 6.45) is 1.22. The first-order valence-electron chi connectivity index (χ1n) is 9.70. The Labute approximate surface area is 162 Å². The SMILES string of the molecule is C[C@H]1[C@H]([Si](C)(C)O)[C@@H](CCO)O[C@H]1CCc1ccc(NC(=O)[C@H](C)O)cc1. The fourth-order valence-electron chi connectivity index (χ4n) is 4.12. The molecule has 0 bridgehead atoms. The lowest BCUT2D eigenvalue weighted by Crippen LogP contribution is -2.40. The van der Waals surface area contributed by atoms with Crippen molar-refractivity contribution in [1.82, 2.24) is 0 Å². The molecule has 0 saturated carbocycles. The minimum atomic E-state index is -2.37. The summed E-state index contributed by atoms with van der Waals surface area (Å²) in [5.41, 5.74) is 1.93. The van der Waals surface area contributed by atoms with E-state index in [0.29, 0.717) is 12.1 Å². The molecule has 0 spiro atoms. The minimum absolute atomic E-state index is 0.0695. The van der Waals surface area contributed by atoms with E-state index < -0.39 is 20.3 Å². The van der Waals surface area contributed by atoms with E-state index in [4.69, 9.17) is 4.74 Å². The molecule has 1 saturated heterocycles. The Hall–Kier alpha value is -1.25. The maximum atomic E-state index is 11.5. The number of aliphatic hydroxyl groups is 2. The van der Waals surface area contributed by atoms with E-state index >= 15 is 0 Å². The number of carbonyl (C=O) groups excluding carboxylic acids is 1. The summed E-state index contributed by atoms with van der Waals surface area (Å²) in [4.78, 5) is 22.2. The largest absolute Gasteiger partial charge is 0.432 e. The average molecular weight is 396 g/mol. The van der Waals surface area contributed by atoms with Gasteiger partial charge in [0, 0.05) is 17.8 Å². The van der Waals surface area contributed by atoms with Crippen LogP contribution in [-0.2, 0) is 16.0 Å². The summed E-state index contributed by atoms with van der Waals surface area (Å²) in [7, 11) is -2.37. The van der Waals surface area contributed by atoms with Gasteiger partial charge < -0.3 is 25.1 Å². The number of nitrogens with one attached hydrogen (secondary N) is 1. The molecule has 0 unspecified atom stereocenters. The topological polar surface area (TPSA) is 99.0 Å². The van der Waals surface area contributed by atoms with Crippen LogP contribution in [0.25, 0.3) is 0 Å². The molecule has 0 aliphatic carbocycles. The molecule has 1 fully saturated rings. The Bertz CT molecular complexity index is 614. The minimum Gasteiger partial charge on any atom is -0.432 e. The Kier molecular flexibility index (Phi) is 7.59. The zero-order chi connectivity index (χ0) is 20.2. The third-order valence-electron chi connectivity index (χ3n) is 5.45. The van der Waals surface area contributed by atoms with Crippen LogP contribution in [0.4, 0.5) is 5.69 Å². The molecule has 1 amide bonds. The van der Waals surface area contributed by atoms with E-state index in [0.717, 1.165) is 18.4 Å². The second-order valence-corrected chi connectivity index (χ2v) is 12.1. The number of carbonyl (C=O) groups is 1. The number of hydrogen-bond donors (Lipinski definition) is 4. The normalized spacial score (nSPS) is 26.8. The maximum Gasteiger partial charge on any atom is 0.252 e. The number of aryl methyl sites for hydroxylation is 1. The molecule has 1 aliphatic heterocycles. The molecule has 1 aromatic rings. The zero-order valence-electron chi connectivity index (χ0n) is 16.7. The lowest BCUT2D eigenvalue weighted by molar-refractivity contribution is -0.123. The Balaban J connectivity index is 1.95. The number of amides is 1. The van der Waals surface area contributed by atoms with E-state index in [-0.39, 0.29) is 30.3 Å². The molecular formula is C20H33NO5Si. The zero-order valence-corrected chi connectivity index (χ0v) is 17.7. The van der Waals surface area contributed by atoms with Crippen molar-refractivity contribution in [3.8, 4) is 0 Å². The lowest BCUT2D eigenvalue weighted by Gasteiger charge is -2.30. The standard InChI is InChI=1S/C20H33NO5Si/c1-13-17(26-18(11-12-22)19(13)27(3,4)25)10-7-15-5-8-16(9-6-15)21-20(24)14(2)23/h5-6,8-9,13-14,17-19,22-23,25H,7,10-12H2,1-4H3,(H,21,24)/t13-,14+,17+,18-,19+/m1/s1. The van der Waals surface area contributed by atoms with Crippen molar-refractivity contribution < 1.29 is 24.5 Å². The van der Waals surface area contributed by atoms with Gasteiger partial charge in [-0.25, -0.2) is 0 Å². The molecular weight excluding hydrogens is 362 g/mol. The highest BCUT2D eigenvalue weighted by molar-refractivity contribution is 6.71. The molecule has 1 heterocycles. The summed E-state index contributed by atoms with van der Waals surface area (Å²) in [5.74, 6) is -0.162. The van der Waals surface area contributed by atoms with Gasteiger partial charge >= 0.3 is 0 Å². The van der Waals surface area contributed by atoms with Gasteiger partial charge in [0.15, 0.2) is 8.32 Å². The Morgan fingerprint density at radius 2 is 1.85 bits per heavy atom. The van der Waals surface area contributed by atoms with Crippen LogP contribution in [0.5, 0.6) is 0 Å². The smallest absolute Gasteiger partial charge is 0.252 e. The fourth-order valence-corrected chi connectivity index (χ4v) is 6.77. The second kappa shape index (κ2) is 9.30. The third-order valence-corrected chi connectivity index (χ3v) is 7.98. The van der Waals surface area contributed by atoms with Crippen LogP contribution in [0.15, 0.2) is 24.3 Å². The van der Waals surface area contributed by atoms with E-state index in [1.54, 1.807) is 0 Å². The van der Waals surface area contributed by atoms with E-state index in [1.165, 1.54) is 6.92 Å². The van der Waals surface area contributed by atoms with E-state index in [1.807, 2.05) is 37.4 Å². The quantitative estimate of drug-likeness (QED) is 0.506. The average Bonchev–Trinajstić information content (AvgIpc) is 2.90. The van der Waals surface area contributed by atoms with Crippen molar-refractivity contribution in [3.05, 3.63) is 29.8 Å². The summed E-state index contributed by atoms with van der Waals surface area (Å²) >= 11 is 0. The summed E-state index contributed by atoms with van der Waals surface area (Å²) in [5, 5.41) is 21.2. The van der Waals surface area contributed by atoms with Crippen LogP contribution >= 0.6 is 0 Å². The van der Waals surface area contributed by atoms with Crippen molar-refractivity contribution in [2.24, 2.45) is 5.92 Å². The van der Waals surface area contributed by atoms with Gasteiger partial charge in [0.25, 0.3) is 5.91 Å². The summed E-state index contributed by atoms with van der Waals surface area (Å²) < 4.78 is 6.21. The van der Waals surface area contributed by atoms with Crippen molar-refractivity contribution in [3.63, 3.8) is 0 Å². The molecule has 152 valence electrons. The predicted octanol–water partition coefficient (Wildman–Crippen LogP) is 2.29. The highest BCUT2D eigenvalue weighted by atomic mass is 28.4. The number of ether oxygens (including phenoxy) is 1. The Morgan fingerprint density at radius 3 is 2.37 bits per heavy atom. The van der Waals surface area contributed by atoms with Crippen LogP contribution in [0.3, 0.4) is 0 Å². The van der Waals surface area contributed by atoms with Gasteiger partial charge in [-0.05, 0) is 62.9 Å². The lowest BCUT2D eigenvalue weighted by atomic mass is 9.95. The monoisotopic (exact) mass is 395 g/mol. The Morgan fingerprint density at radius 1 is 1.22 bits per heavy atom. The molecule has 27 heavy (non-hydrogen) atoms. The van der Waals surface area contributed by atoms with Crippen LogP contribution in [0, 0.1) is 5.92 Å². The van der Waals surface area contributed by atoms with Crippen LogP contribution in [0.1, 0.15) is 32.3 Å². The number of hydrogen-bond acceptors (Lipinski definition) is 5. The van der Waals surface area contributed by atoms with Gasteiger partial charge in [-0.1, -0.05) is 19.1 Å². The molecule has 6 nitrogen and oxygen atoms in total. The first-order valence-corrected chi connectivity index (χ1v) is 12.7. The maximum absolute atomic E-state index is 11.5. The van der Waals surface area contributed by atoms with Gasteiger partial charge in [0.2, 0.25) is 0 Å². The second-order valence-electron chi connectivity index (χ2n) is 8.16. The van der Waals surface area contributed by atoms with Crippen LogP contribution < -0.4 is 5.32 Å². The summed E-state index contributed by atoms with van der Waals surface area (Å²) in [6, 6.07) is 7.58. The number of rotatable bonds is 8. The molecule has 7 heteroatoms. The predicted molar refractivity (Wildman–Crippen MR) is 108 cm³/mol. The van der Waals surface area contributed by atoms with Gasteiger partial charge in [-0.2, -0.15) is 0 Å². The number of benzene rings is 1. The highest BCUT2D eigenvalue weighted by Gasteiger charge is 2.49.